The van der Waals surface area contributed by atoms with Crippen molar-refractivity contribution in [3.63, 3.8) is 0 Å². The van der Waals surface area contributed by atoms with Crippen LogP contribution >= 0.6 is 15.9 Å². The van der Waals surface area contributed by atoms with Gasteiger partial charge in [0.2, 0.25) is 10.0 Å². The van der Waals surface area contributed by atoms with Gasteiger partial charge < -0.3 is 0 Å². The molecule has 0 aliphatic carbocycles. The Morgan fingerprint density at radius 1 is 1.00 bits per heavy atom. The number of nitrogens with one attached hydrogen (secondary N) is 1. The van der Waals surface area contributed by atoms with E-state index >= 15 is 0 Å². The van der Waals surface area contributed by atoms with Gasteiger partial charge in [-0.2, -0.15) is 0 Å². The summed E-state index contributed by atoms with van der Waals surface area (Å²) in [7, 11) is -8.28. The van der Waals surface area contributed by atoms with Gasteiger partial charge in [-0.3, -0.25) is 4.72 Å². The van der Waals surface area contributed by atoms with Crippen molar-refractivity contribution in [1.29, 1.82) is 0 Å². The van der Waals surface area contributed by atoms with Crippen LogP contribution in [0.3, 0.4) is 0 Å². The second kappa shape index (κ2) is 6.15. The molecule has 0 atom stereocenters. The largest absolute Gasteiger partial charge is 0.280 e. The molecule has 0 heterocycles. The molecule has 124 valence electrons. The molecule has 3 N–H and O–H groups in total. The van der Waals surface area contributed by atoms with Crippen LogP contribution in [0, 0.1) is 11.6 Å². The summed E-state index contributed by atoms with van der Waals surface area (Å²) >= 11 is 2.79. The number of primary sulfonamides is 1. The first-order valence-electron chi connectivity index (χ1n) is 5.81. The molecular weight excluding hydrogens is 418 g/mol. The number of anilines is 1. The van der Waals surface area contributed by atoms with Crippen LogP contribution in [0.1, 0.15) is 0 Å². The third kappa shape index (κ3) is 4.05. The van der Waals surface area contributed by atoms with E-state index in [2.05, 4.69) is 20.7 Å². The van der Waals surface area contributed by atoms with E-state index in [1.54, 1.807) is 0 Å². The lowest BCUT2D eigenvalue weighted by atomic mass is 10.3. The van der Waals surface area contributed by atoms with Gasteiger partial charge in [0.25, 0.3) is 10.0 Å². The Kier molecular flexibility index (Phi) is 4.76. The minimum atomic E-state index is -4.36. The summed E-state index contributed by atoms with van der Waals surface area (Å²) in [5, 5.41) is 4.92. The van der Waals surface area contributed by atoms with Crippen LogP contribution in [0.2, 0.25) is 0 Å². The highest BCUT2D eigenvalue weighted by Crippen LogP contribution is 2.28. The van der Waals surface area contributed by atoms with E-state index in [1.165, 1.54) is 0 Å². The van der Waals surface area contributed by atoms with Crippen LogP contribution in [-0.4, -0.2) is 16.8 Å². The van der Waals surface area contributed by atoms with Gasteiger partial charge >= 0.3 is 0 Å². The van der Waals surface area contributed by atoms with E-state index in [0.717, 1.165) is 30.3 Å². The van der Waals surface area contributed by atoms with Crippen LogP contribution in [0.5, 0.6) is 0 Å². The summed E-state index contributed by atoms with van der Waals surface area (Å²) in [6, 6.07) is 5.71. The molecule has 0 aliphatic rings. The molecule has 0 bridgehead atoms. The summed E-state index contributed by atoms with van der Waals surface area (Å²) in [5.74, 6) is -2.21. The molecule has 0 spiro atoms. The van der Waals surface area contributed by atoms with E-state index in [0.29, 0.717) is 6.07 Å². The number of sulfonamides is 2. The number of hydrogen-bond donors (Lipinski definition) is 2. The highest BCUT2D eigenvalue weighted by molar-refractivity contribution is 9.10. The molecule has 23 heavy (non-hydrogen) atoms. The first-order valence-corrected chi connectivity index (χ1v) is 9.63. The molecule has 2 rings (SSSR count). The molecule has 0 aliphatic heterocycles. The molecule has 0 radical (unpaired) electrons. The maximum absolute atomic E-state index is 13.7. The summed E-state index contributed by atoms with van der Waals surface area (Å²) < 4.78 is 75.2. The molecule has 2 aromatic carbocycles. The van der Waals surface area contributed by atoms with Crippen molar-refractivity contribution in [3.8, 4) is 0 Å². The van der Waals surface area contributed by atoms with Gasteiger partial charge in [0.1, 0.15) is 16.5 Å². The molecule has 0 unspecified atom stereocenters. The highest BCUT2D eigenvalue weighted by Gasteiger charge is 2.24. The maximum Gasteiger partial charge on any atom is 0.265 e. The van der Waals surface area contributed by atoms with Gasteiger partial charge in [-0.25, -0.2) is 30.8 Å². The lowest BCUT2D eigenvalue weighted by Gasteiger charge is -2.11. The van der Waals surface area contributed by atoms with Crippen LogP contribution in [0.25, 0.3) is 0 Å². The van der Waals surface area contributed by atoms with E-state index in [4.69, 9.17) is 5.14 Å². The van der Waals surface area contributed by atoms with Gasteiger partial charge in [-0.05, 0) is 46.3 Å². The van der Waals surface area contributed by atoms with Gasteiger partial charge in [0.05, 0.1) is 4.90 Å². The molecule has 0 fully saturated rings. The van der Waals surface area contributed by atoms with Crippen LogP contribution < -0.4 is 9.86 Å². The van der Waals surface area contributed by atoms with Crippen molar-refractivity contribution in [3.05, 3.63) is 52.5 Å². The van der Waals surface area contributed by atoms with Crippen LogP contribution in [0.15, 0.2) is 50.7 Å². The second-order valence-corrected chi connectivity index (χ2v) is 8.41. The Balaban J connectivity index is 2.40. The summed E-state index contributed by atoms with van der Waals surface area (Å²) in [5.41, 5.74) is -0.0203. The zero-order valence-corrected chi connectivity index (χ0v) is 14.3. The quantitative estimate of drug-likeness (QED) is 0.780. The van der Waals surface area contributed by atoms with Crippen molar-refractivity contribution < 1.29 is 25.6 Å². The number of halogens is 3. The summed E-state index contributed by atoms with van der Waals surface area (Å²) in [4.78, 5) is -0.982. The predicted octanol–water partition coefficient (Wildman–Crippen LogP) is 2.18. The van der Waals surface area contributed by atoms with Crippen LogP contribution in [-0.2, 0) is 20.0 Å². The van der Waals surface area contributed by atoms with Gasteiger partial charge in [-0.15, -0.1) is 0 Å². The molecule has 0 aromatic heterocycles. The third-order valence-electron chi connectivity index (χ3n) is 2.67. The summed E-state index contributed by atoms with van der Waals surface area (Å²) in [6.45, 7) is 0. The molecule has 2 aromatic rings. The molecule has 0 saturated heterocycles. The minimum absolute atomic E-state index is 0.0203. The number of rotatable bonds is 4. The van der Waals surface area contributed by atoms with Gasteiger partial charge in [0, 0.05) is 16.2 Å². The van der Waals surface area contributed by atoms with Crippen molar-refractivity contribution in [2.24, 2.45) is 5.14 Å². The predicted molar refractivity (Wildman–Crippen MR) is 82.7 cm³/mol. The van der Waals surface area contributed by atoms with Crippen molar-refractivity contribution in [1.82, 2.24) is 0 Å². The van der Waals surface area contributed by atoms with Crippen molar-refractivity contribution >= 4 is 41.7 Å². The Labute approximate surface area is 139 Å². The van der Waals surface area contributed by atoms with E-state index in [1.807, 2.05) is 0 Å². The minimum Gasteiger partial charge on any atom is -0.280 e. The molecule has 6 nitrogen and oxygen atoms in total. The lowest BCUT2D eigenvalue weighted by molar-refractivity contribution is 0.548. The van der Waals surface area contributed by atoms with E-state index < -0.39 is 36.6 Å². The normalized spacial score (nSPS) is 12.2. The van der Waals surface area contributed by atoms with Crippen molar-refractivity contribution in [2.45, 2.75) is 9.79 Å². The fourth-order valence-electron chi connectivity index (χ4n) is 1.70. The first kappa shape index (κ1) is 17.8. The Bertz CT molecular complexity index is 938. The van der Waals surface area contributed by atoms with E-state index in [9.17, 15) is 25.6 Å². The molecular formula is C12H9BrF2N2O4S2. The van der Waals surface area contributed by atoms with Gasteiger partial charge in [0.15, 0.2) is 0 Å². The number of nitrogens with two attached hydrogens (primary N) is 1. The van der Waals surface area contributed by atoms with Gasteiger partial charge in [-0.1, -0.05) is 0 Å². The zero-order valence-electron chi connectivity index (χ0n) is 11.1. The molecule has 0 saturated carbocycles. The van der Waals surface area contributed by atoms with Crippen LogP contribution in [0.4, 0.5) is 14.5 Å². The Morgan fingerprint density at radius 3 is 2.04 bits per heavy atom. The number of benzene rings is 2. The molecule has 11 heteroatoms. The average molecular weight is 427 g/mol. The topological polar surface area (TPSA) is 106 Å². The Morgan fingerprint density at radius 2 is 1.57 bits per heavy atom. The Hall–Kier alpha value is -1.56. The maximum atomic E-state index is 13.7. The molecule has 0 amide bonds. The smallest absolute Gasteiger partial charge is 0.265 e. The SMILES string of the molecule is NS(=O)(=O)c1ccc(NS(=O)(=O)c2c(F)cc(F)cc2Br)cc1. The first-order chi connectivity index (χ1) is 10.5. The zero-order chi connectivity index (χ0) is 17.4. The lowest BCUT2D eigenvalue weighted by Crippen LogP contribution is -2.16. The average Bonchev–Trinajstić information content (AvgIpc) is 2.35. The highest BCUT2D eigenvalue weighted by atomic mass is 79.9. The monoisotopic (exact) mass is 426 g/mol. The third-order valence-corrected chi connectivity index (χ3v) is 5.94. The number of hydrogen-bond acceptors (Lipinski definition) is 4. The summed E-state index contributed by atoms with van der Waals surface area (Å²) in [6.07, 6.45) is 0. The second-order valence-electron chi connectivity index (χ2n) is 4.37. The van der Waals surface area contributed by atoms with Crippen molar-refractivity contribution in [2.75, 3.05) is 4.72 Å². The van der Waals surface area contributed by atoms with E-state index in [-0.39, 0.29) is 15.1 Å². The standard InChI is InChI=1S/C12H9BrF2N2O4S2/c13-10-5-7(14)6-11(15)12(10)23(20,21)17-8-1-3-9(4-2-8)22(16,18)19/h1-6,17H,(H2,16,18,19). The fourth-order valence-corrected chi connectivity index (χ4v) is 4.45. The fraction of sp³-hybridized carbons (Fsp3) is 0.